The topological polar surface area (TPSA) is 114 Å². The summed E-state index contributed by atoms with van der Waals surface area (Å²) >= 11 is 1.28. The minimum atomic E-state index is -1.74. The zero-order valence-electron chi connectivity index (χ0n) is 17.2. The molecule has 0 aliphatic heterocycles. The summed E-state index contributed by atoms with van der Waals surface area (Å²) in [6.07, 6.45) is 0. The van der Waals surface area contributed by atoms with Crippen LogP contribution < -0.4 is 16.0 Å². The first-order valence-corrected chi connectivity index (χ1v) is 10.4. The van der Waals surface area contributed by atoms with Gasteiger partial charge in [0.15, 0.2) is 24.1 Å². The SMILES string of the molecule is O=C(COC(=O)c1ccc(NC(=O)c2cccs2)cc1)NCC(=O)Nc1ccc(F)c(F)c1F. The van der Waals surface area contributed by atoms with E-state index in [1.165, 1.54) is 35.6 Å². The van der Waals surface area contributed by atoms with Gasteiger partial charge in [-0.15, -0.1) is 11.3 Å². The van der Waals surface area contributed by atoms with E-state index in [0.29, 0.717) is 16.6 Å². The van der Waals surface area contributed by atoms with Crippen LogP contribution in [0.3, 0.4) is 0 Å². The molecule has 0 atom stereocenters. The maximum atomic E-state index is 13.5. The number of benzene rings is 2. The highest BCUT2D eigenvalue weighted by Gasteiger charge is 2.16. The largest absolute Gasteiger partial charge is 0.452 e. The van der Waals surface area contributed by atoms with E-state index in [9.17, 15) is 32.3 Å². The van der Waals surface area contributed by atoms with Gasteiger partial charge in [0.2, 0.25) is 5.91 Å². The van der Waals surface area contributed by atoms with Crippen molar-refractivity contribution in [2.24, 2.45) is 0 Å². The third-order valence-electron chi connectivity index (χ3n) is 4.21. The number of rotatable bonds is 8. The first kappa shape index (κ1) is 24.5. The summed E-state index contributed by atoms with van der Waals surface area (Å²) in [5.74, 6) is -7.59. The Balaban J connectivity index is 1.42. The summed E-state index contributed by atoms with van der Waals surface area (Å²) in [6, 6.07) is 10.6. The molecular weight excluding hydrogens is 475 g/mol. The normalized spacial score (nSPS) is 10.3. The molecule has 3 aromatic rings. The Morgan fingerprint density at radius 1 is 0.853 bits per heavy atom. The van der Waals surface area contributed by atoms with Gasteiger partial charge in [-0.3, -0.25) is 14.4 Å². The highest BCUT2D eigenvalue weighted by atomic mass is 32.1. The number of nitrogens with one attached hydrogen (secondary N) is 3. The number of hydrogen-bond acceptors (Lipinski definition) is 6. The Labute approximate surface area is 194 Å². The molecular formula is C22H16F3N3O5S. The number of amides is 3. The predicted molar refractivity (Wildman–Crippen MR) is 117 cm³/mol. The number of carbonyl (C=O) groups excluding carboxylic acids is 4. The Kier molecular flexibility index (Phi) is 7.98. The van der Waals surface area contributed by atoms with Gasteiger partial charge in [-0.2, -0.15) is 0 Å². The number of esters is 1. The standard InChI is InChI=1S/C22H16F3N3O5S/c23-14-7-8-15(20(25)19(14)24)28-17(29)10-26-18(30)11-33-22(32)12-3-5-13(6-4-12)27-21(31)16-2-1-9-34-16/h1-9H,10-11H2,(H,26,30)(H,27,31)(H,28,29). The van der Waals surface area contributed by atoms with Crippen LogP contribution in [0.5, 0.6) is 0 Å². The van der Waals surface area contributed by atoms with Gasteiger partial charge < -0.3 is 20.7 Å². The van der Waals surface area contributed by atoms with Crippen molar-refractivity contribution in [2.75, 3.05) is 23.8 Å². The molecule has 1 aromatic heterocycles. The van der Waals surface area contributed by atoms with E-state index >= 15 is 0 Å². The van der Waals surface area contributed by atoms with Crippen LogP contribution in [0.4, 0.5) is 24.5 Å². The smallest absolute Gasteiger partial charge is 0.338 e. The molecule has 3 rings (SSSR count). The van der Waals surface area contributed by atoms with E-state index in [1.54, 1.807) is 17.5 Å². The van der Waals surface area contributed by atoms with Crippen molar-refractivity contribution in [2.45, 2.75) is 0 Å². The summed E-state index contributed by atoms with van der Waals surface area (Å²) in [4.78, 5) is 48.2. The van der Waals surface area contributed by atoms with Crippen LogP contribution in [0, 0.1) is 17.5 Å². The highest BCUT2D eigenvalue weighted by Crippen LogP contribution is 2.19. The van der Waals surface area contributed by atoms with Gasteiger partial charge in [-0.05, 0) is 47.8 Å². The summed E-state index contributed by atoms with van der Waals surface area (Å²) in [6.45, 7) is -1.34. The highest BCUT2D eigenvalue weighted by molar-refractivity contribution is 7.12. The first-order valence-electron chi connectivity index (χ1n) is 9.56. The van der Waals surface area contributed by atoms with Gasteiger partial charge in [-0.25, -0.2) is 18.0 Å². The van der Waals surface area contributed by atoms with Gasteiger partial charge in [0, 0.05) is 5.69 Å². The van der Waals surface area contributed by atoms with Gasteiger partial charge in [-0.1, -0.05) is 6.07 Å². The number of carbonyl (C=O) groups is 4. The van der Waals surface area contributed by atoms with Gasteiger partial charge in [0.05, 0.1) is 22.7 Å². The fraction of sp³-hybridized carbons (Fsp3) is 0.0909. The summed E-state index contributed by atoms with van der Waals surface area (Å²) in [5, 5.41) is 8.55. The van der Waals surface area contributed by atoms with Crippen molar-refractivity contribution in [3.63, 3.8) is 0 Å². The molecule has 0 bridgehead atoms. The summed E-state index contributed by atoms with van der Waals surface area (Å²) in [5.41, 5.74) is -0.0238. The fourth-order valence-corrected chi connectivity index (χ4v) is 3.17. The quantitative estimate of drug-likeness (QED) is 0.331. The molecule has 34 heavy (non-hydrogen) atoms. The zero-order chi connectivity index (χ0) is 24.7. The van der Waals surface area contributed by atoms with E-state index in [2.05, 4.69) is 10.6 Å². The molecule has 0 spiro atoms. The number of halogens is 3. The minimum absolute atomic E-state index is 0.119. The molecule has 176 valence electrons. The van der Waals surface area contributed by atoms with Crippen LogP contribution in [0.15, 0.2) is 53.9 Å². The van der Waals surface area contributed by atoms with Crippen molar-refractivity contribution in [3.8, 4) is 0 Å². The number of anilines is 2. The average Bonchev–Trinajstić information content (AvgIpc) is 3.37. The Bertz CT molecular complexity index is 1220. The van der Waals surface area contributed by atoms with E-state index < -0.39 is 54.1 Å². The molecule has 0 aliphatic carbocycles. The summed E-state index contributed by atoms with van der Waals surface area (Å²) in [7, 11) is 0. The molecule has 0 radical (unpaired) electrons. The second kappa shape index (κ2) is 11.1. The van der Waals surface area contributed by atoms with E-state index in [0.717, 1.165) is 6.07 Å². The van der Waals surface area contributed by atoms with Crippen LogP contribution in [0.2, 0.25) is 0 Å². The lowest BCUT2D eigenvalue weighted by molar-refractivity contribution is -0.126. The van der Waals surface area contributed by atoms with Gasteiger partial charge in [0.25, 0.3) is 11.8 Å². The molecule has 8 nitrogen and oxygen atoms in total. The van der Waals surface area contributed by atoms with Crippen molar-refractivity contribution in [3.05, 3.63) is 81.8 Å². The van der Waals surface area contributed by atoms with Crippen LogP contribution in [-0.2, 0) is 14.3 Å². The van der Waals surface area contributed by atoms with Crippen molar-refractivity contribution in [1.82, 2.24) is 5.32 Å². The molecule has 0 aliphatic rings. The lowest BCUT2D eigenvalue weighted by atomic mass is 10.2. The van der Waals surface area contributed by atoms with Crippen LogP contribution in [-0.4, -0.2) is 36.8 Å². The molecule has 12 heteroatoms. The molecule has 1 heterocycles. The lowest BCUT2D eigenvalue weighted by Gasteiger charge is -2.09. The van der Waals surface area contributed by atoms with Gasteiger partial charge >= 0.3 is 5.97 Å². The predicted octanol–water partition coefficient (Wildman–Crippen LogP) is 3.33. The van der Waals surface area contributed by atoms with Crippen LogP contribution >= 0.6 is 11.3 Å². The van der Waals surface area contributed by atoms with Crippen molar-refractivity contribution >= 4 is 46.4 Å². The van der Waals surface area contributed by atoms with E-state index in [-0.39, 0.29) is 11.5 Å². The van der Waals surface area contributed by atoms with Crippen molar-refractivity contribution < 1.29 is 37.1 Å². The molecule has 0 saturated heterocycles. The lowest BCUT2D eigenvalue weighted by Crippen LogP contribution is -2.35. The molecule has 0 saturated carbocycles. The maximum absolute atomic E-state index is 13.5. The summed E-state index contributed by atoms with van der Waals surface area (Å²) < 4.78 is 44.5. The number of hydrogen-bond donors (Lipinski definition) is 3. The van der Waals surface area contributed by atoms with Crippen LogP contribution in [0.25, 0.3) is 0 Å². The zero-order valence-corrected chi connectivity index (χ0v) is 18.0. The fourth-order valence-electron chi connectivity index (χ4n) is 2.55. The molecule has 0 unspecified atom stereocenters. The minimum Gasteiger partial charge on any atom is -0.452 e. The maximum Gasteiger partial charge on any atom is 0.338 e. The van der Waals surface area contributed by atoms with Crippen molar-refractivity contribution in [1.29, 1.82) is 0 Å². The van der Waals surface area contributed by atoms with E-state index in [4.69, 9.17) is 4.74 Å². The second-order valence-electron chi connectivity index (χ2n) is 6.63. The Hall–Kier alpha value is -4.19. The van der Waals surface area contributed by atoms with Gasteiger partial charge in [0.1, 0.15) is 0 Å². The molecule has 3 amide bonds. The Morgan fingerprint density at radius 3 is 2.26 bits per heavy atom. The molecule has 0 fully saturated rings. The monoisotopic (exact) mass is 491 g/mol. The first-order chi connectivity index (χ1) is 16.2. The third-order valence-corrected chi connectivity index (χ3v) is 5.08. The number of thiophene rings is 1. The van der Waals surface area contributed by atoms with E-state index in [1.807, 2.05) is 5.32 Å². The third kappa shape index (κ3) is 6.42. The second-order valence-corrected chi connectivity index (χ2v) is 7.58. The number of ether oxygens (including phenoxy) is 1. The molecule has 3 N–H and O–H groups in total. The molecule has 2 aromatic carbocycles. The Morgan fingerprint density at radius 2 is 1.59 bits per heavy atom. The average molecular weight is 491 g/mol. The van der Waals surface area contributed by atoms with Crippen LogP contribution in [0.1, 0.15) is 20.0 Å².